The summed E-state index contributed by atoms with van der Waals surface area (Å²) in [6.45, 7) is 6.17. The van der Waals surface area contributed by atoms with E-state index in [0.29, 0.717) is 5.56 Å². The van der Waals surface area contributed by atoms with Gasteiger partial charge in [0.2, 0.25) is 0 Å². The summed E-state index contributed by atoms with van der Waals surface area (Å²) < 4.78 is 5.12. The number of hydrogen-bond donors (Lipinski definition) is 0. The molecule has 0 radical (unpaired) electrons. The summed E-state index contributed by atoms with van der Waals surface area (Å²) in [6.07, 6.45) is 3.42. The molecule has 0 unspecified atom stereocenters. The third-order valence-electron chi connectivity index (χ3n) is 3.82. The third-order valence-corrected chi connectivity index (χ3v) is 3.82. The number of carbonyl (C=O) groups is 1. The topological polar surface area (TPSA) is 29.5 Å². The Morgan fingerprint density at radius 1 is 1.00 bits per heavy atom. The van der Waals surface area contributed by atoms with Gasteiger partial charge in [-0.25, -0.2) is 0 Å². The van der Waals surface area contributed by atoms with Crippen molar-refractivity contribution in [2.75, 3.05) is 25.1 Å². The van der Waals surface area contributed by atoms with Crippen LogP contribution in [0.25, 0.3) is 6.08 Å². The maximum atomic E-state index is 12.2. The SMILES string of the molecule is CCN(CC)c1ccc(C(=O)C=Cc2ccc(OC)cc2)cc1. The van der Waals surface area contributed by atoms with Crippen molar-refractivity contribution in [2.45, 2.75) is 13.8 Å². The molecule has 2 aromatic carbocycles. The highest BCUT2D eigenvalue weighted by Gasteiger charge is 2.05. The molecule has 0 fully saturated rings. The van der Waals surface area contributed by atoms with Gasteiger partial charge in [-0.05, 0) is 61.9 Å². The summed E-state index contributed by atoms with van der Waals surface area (Å²) in [5.74, 6) is 0.812. The number of anilines is 1. The number of allylic oxidation sites excluding steroid dienone is 1. The lowest BCUT2D eigenvalue weighted by Crippen LogP contribution is -2.21. The molecule has 0 spiro atoms. The Labute approximate surface area is 138 Å². The van der Waals surface area contributed by atoms with Gasteiger partial charge in [-0.15, -0.1) is 0 Å². The number of carbonyl (C=O) groups excluding carboxylic acids is 1. The predicted octanol–water partition coefficient (Wildman–Crippen LogP) is 4.44. The van der Waals surface area contributed by atoms with Crippen molar-refractivity contribution in [2.24, 2.45) is 0 Å². The fourth-order valence-corrected chi connectivity index (χ4v) is 2.41. The number of benzene rings is 2. The molecule has 0 aliphatic carbocycles. The van der Waals surface area contributed by atoms with Gasteiger partial charge in [0.25, 0.3) is 0 Å². The Hall–Kier alpha value is -2.55. The molecule has 0 heterocycles. The summed E-state index contributed by atoms with van der Waals surface area (Å²) in [5, 5.41) is 0. The maximum absolute atomic E-state index is 12.2. The molecular weight excluding hydrogens is 286 g/mol. The number of rotatable bonds is 7. The van der Waals surface area contributed by atoms with Crippen LogP contribution in [-0.2, 0) is 0 Å². The second kappa shape index (κ2) is 8.18. The molecule has 0 N–H and O–H groups in total. The fourth-order valence-electron chi connectivity index (χ4n) is 2.41. The number of nitrogens with zero attached hydrogens (tertiary/aromatic N) is 1. The van der Waals surface area contributed by atoms with Crippen LogP contribution in [0.15, 0.2) is 54.6 Å². The molecule has 3 nitrogen and oxygen atoms in total. The molecule has 2 rings (SSSR count). The summed E-state index contributed by atoms with van der Waals surface area (Å²) in [4.78, 5) is 14.5. The van der Waals surface area contributed by atoms with Crippen molar-refractivity contribution in [1.29, 1.82) is 0 Å². The molecule has 0 atom stereocenters. The molecular formula is C20H23NO2. The molecule has 0 saturated carbocycles. The third kappa shape index (κ3) is 4.46. The van der Waals surface area contributed by atoms with E-state index in [1.165, 1.54) is 0 Å². The van der Waals surface area contributed by atoms with E-state index in [-0.39, 0.29) is 5.78 Å². The average Bonchev–Trinajstić information content (AvgIpc) is 2.61. The summed E-state index contributed by atoms with van der Waals surface area (Å²) in [6, 6.07) is 15.4. The summed E-state index contributed by atoms with van der Waals surface area (Å²) >= 11 is 0. The van der Waals surface area contributed by atoms with Gasteiger partial charge < -0.3 is 9.64 Å². The Balaban J connectivity index is 2.06. The molecule has 0 saturated heterocycles. The van der Waals surface area contributed by atoms with Crippen LogP contribution in [0.1, 0.15) is 29.8 Å². The van der Waals surface area contributed by atoms with E-state index in [1.54, 1.807) is 13.2 Å². The van der Waals surface area contributed by atoms with Crippen molar-refractivity contribution < 1.29 is 9.53 Å². The van der Waals surface area contributed by atoms with Gasteiger partial charge in [-0.2, -0.15) is 0 Å². The molecule has 0 amide bonds. The highest BCUT2D eigenvalue weighted by molar-refractivity contribution is 6.06. The fraction of sp³-hybridized carbons (Fsp3) is 0.250. The van der Waals surface area contributed by atoms with Crippen LogP contribution in [-0.4, -0.2) is 26.0 Å². The van der Waals surface area contributed by atoms with Gasteiger partial charge in [-0.3, -0.25) is 4.79 Å². The van der Waals surface area contributed by atoms with Crippen LogP contribution in [0, 0.1) is 0 Å². The van der Waals surface area contributed by atoms with Crippen molar-refractivity contribution in [3.63, 3.8) is 0 Å². The molecule has 3 heteroatoms. The van der Waals surface area contributed by atoms with E-state index in [1.807, 2.05) is 54.6 Å². The lowest BCUT2D eigenvalue weighted by atomic mass is 10.1. The molecule has 0 bridgehead atoms. The van der Waals surface area contributed by atoms with E-state index in [2.05, 4.69) is 18.7 Å². The van der Waals surface area contributed by atoms with E-state index < -0.39 is 0 Å². The molecule has 23 heavy (non-hydrogen) atoms. The summed E-state index contributed by atoms with van der Waals surface area (Å²) in [5.41, 5.74) is 2.82. The second-order valence-corrected chi connectivity index (χ2v) is 5.19. The highest BCUT2D eigenvalue weighted by atomic mass is 16.5. The first-order valence-electron chi connectivity index (χ1n) is 7.89. The Kier molecular flexibility index (Phi) is 5.98. The van der Waals surface area contributed by atoms with Gasteiger partial charge in [0, 0.05) is 24.3 Å². The van der Waals surface area contributed by atoms with Crippen molar-refractivity contribution in [3.05, 3.63) is 65.7 Å². The van der Waals surface area contributed by atoms with Crippen LogP contribution in [0.5, 0.6) is 5.75 Å². The minimum atomic E-state index is 0.00640. The maximum Gasteiger partial charge on any atom is 0.185 e. The number of ketones is 1. The lowest BCUT2D eigenvalue weighted by Gasteiger charge is -2.20. The zero-order valence-corrected chi connectivity index (χ0v) is 14.0. The van der Waals surface area contributed by atoms with Gasteiger partial charge in [0.1, 0.15) is 5.75 Å². The molecule has 2 aromatic rings. The van der Waals surface area contributed by atoms with Crippen LogP contribution in [0.2, 0.25) is 0 Å². The lowest BCUT2D eigenvalue weighted by molar-refractivity contribution is 0.104. The van der Waals surface area contributed by atoms with Gasteiger partial charge >= 0.3 is 0 Å². The first-order valence-corrected chi connectivity index (χ1v) is 7.89. The van der Waals surface area contributed by atoms with Crippen molar-refractivity contribution in [1.82, 2.24) is 0 Å². The summed E-state index contributed by atoms with van der Waals surface area (Å²) in [7, 11) is 1.64. The Morgan fingerprint density at radius 2 is 1.61 bits per heavy atom. The number of hydrogen-bond acceptors (Lipinski definition) is 3. The van der Waals surface area contributed by atoms with E-state index in [4.69, 9.17) is 4.74 Å². The van der Waals surface area contributed by atoms with Crippen molar-refractivity contribution in [3.8, 4) is 5.75 Å². The minimum Gasteiger partial charge on any atom is -0.497 e. The van der Waals surface area contributed by atoms with E-state index in [9.17, 15) is 4.79 Å². The van der Waals surface area contributed by atoms with Crippen LogP contribution in [0.4, 0.5) is 5.69 Å². The largest absolute Gasteiger partial charge is 0.497 e. The van der Waals surface area contributed by atoms with Crippen molar-refractivity contribution >= 4 is 17.5 Å². The van der Waals surface area contributed by atoms with Crippen LogP contribution in [0.3, 0.4) is 0 Å². The highest BCUT2D eigenvalue weighted by Crippen LogP contribution is 2.16. The average molecular weight is 309 g/mol. The van der Waals surface area contributed by atoms with E-state index in [0.717, 1.165) is 30.1 Å². The van der Waals surface area contributed by atoms with Crippen LogP contribution >= 0.6 is 0 Å². The first-order chi connectivity index (χ1) is 11.2. The minimum absolute atomic E-state index is 0.00640. The second-order valence-electron chi connectivity index (χ2n) is 5.19. The molecule has 0 aliphatic rings. The van der Waals surface area contributed by atoms with E-state index >= 15 is 0 Å². The standard InChI is InChI=1S/C20H23NO2/c1-4-21(5-2)18-11-9-17(10-12-18)20(22)15-8-16-6-13-19(23-3)14-7-16/h6-15H,4-5H2,1-3H3. The number of ether oxygens (including phenoxy) is 1. The predicted molar refractivity (Wildman–Crippen MR) is 96.4 cm³/mol. The quantitative estimate of drug-likeness (QED) is 0.559. The normalized spacial score (nSPS) is 10.7. The van der Waals surface area contributed by atoms with Gasteiger partial charge in [0.15, 0.2) is 5.78 Å². The zero-order valence-electron chi connectivity index (χ0n) is 14.0. The molecule has 0 aromatic heterocycles. The van der Waals surface area contributed by atoms with Gasteiger partial charge in [-0.1, -0.05) is 18.2 Å². The first kappa shape index (κ1) is 16.8. The zero-order chi connectivity index (χ0) is 16.7. The Bertz CT molecular complexity index is 653. The molecule has 0 aliphatic heterocycles. The Morgan fingerprint density at radius 3 is 2.13 bits per heavy atom. The van der Waals surface area contributed by atoms with Gasteiger partial charge in [0.05, 0.1) is 7.11 Å². The number of methoxy groups -OCH3 is 1. The van der Waals surface area contributed by atoms with Crippen LogP contribution < -0.4 is 9.64 Å². The molecule has 120 valence electrons. The monoisotopic (exact) mass is 309 g/mol. The smallest absolute Gasteiger partial charge is 0.185 e.